The van der Waals surface area contributed by atoms with Gasteiger partial charge in [-0.1, -0.05) is 13.8 Å². The first kappa shape index (κ1) is 13.5. The van der Waals surface area contributed by atoms with Crippen molar-refractivity contribution >= 4 is 5.97 Å². The standard InChI is InChI=1S/C13H25NO2/c1-13(2,9-10-14)8-7-12(15)16-11-5-3-4-6-11/h11H,3-10,14H2,1-2H3. The number of carbonyl (C=O) groups excluding carboxylic acids is 1. The molecule has 0 spiro atoms. The molecule has 1 aliphatic rings. The lowest BCUT2D eigenvalue weighted by Gasteiger charge is -2.23. The monoisotopic (exact) mass is 227 g/mol. The van der Waals surface area contributed by atoms with Crippen molar-refractivity contribution in [3.63, 3.8) is 0 Å². The van der Waals surface area contributed by atoms with E-state index < -0.39 is 0 Å². The highest BCUT2D eigenvalue weighted by Gasteiger charge is 2.22. The van der Waals surface area contributed by atoms with E-state index in [2.05, 4.69) is 13.8 Å². The Labute approximate surface area is 98.7 Å². The SMILES string of the molecule is CC(C)(CCN)CCC(=O)OC1CCCC1. The zero-order chi connectivity index (χ0) is 12.0. The van der Waals surface area contributed by atoms with E-state index in [1.807, 2.05) is 0 Å². The van der Waals surface area contributed by atoms with E-state index in [1.54, 1.807) is 0 Å². The molecule has 2 N–H and O–H groups in total. The molecule has 1 saturated carbocycles. The lowest BCUT2D eigenvalue weighted by molar-refractivity contribution is -0.149. The lowest BCUT2D eigenvalue weighted by atomic mass is 9.84. The van der Waals surface area contributed by atoms with Crippen LogP contribution in [0.1, 0.15) is 58.8 Å². The van der Waals surface area contributed by atoms with Crippen molar-refractivity contribution in [2.45, 2.75) is 64.9 Å². The van der Waals surface area contributed by atoms with Crippen LogP contribution in [0.25, 0.3) is 0 Å². The highest BCUT2D eigenvalue weighted by molar-refractivity contribution is 5.69. The van der Waals surface area contributed by atoms with Gasteiger partial charge in [0.05, 0.1) is 0 Å². The number of esters is 1. The van der Waals surface area contributed by atoms with Crippen molar-refractivity contribution in [3.05, 3.63) is 0 Å². The number of hydrogen-bond acceptors (Lipinski definition) is 3. The molecule has 0 amide bonds. The van der Waals surface area contributed by atoms with E-state index in [0.29, 0.717) is 13.0 Å². The summed E-state index contributed by atoms with van der Waals surface area (Å²) < 4.78 is 5.41. The molecule has 1 rings (SSSR count). The van der Waals surface area contributed by atoms with Gasteiger partial charge in [0.15, 0.2) is 0 Å². The van der Waals surface area contributed by atoms with E-state index in [-0.39, 0.29) is 17.5 Å². The molecule has 0 radical (unpaired) electrons. The normalized spacial score (nSPS) is 17.7. The summed E-state index contributed by atoms with van der Waals surface area (Å²) in [4.78, 5) is 11.6. The molecule has 0 heterocycles. The number of carbonyl (C=O) groups is 1. The van der Waals surface area contributed by atoms with Gasteiger partial charge in [-0.15, -0.1) is 0 Å². The largest absolute Gasteiger partial charge is 0.462 e. The van der Waals surface area contributed by atoms with E-state index in [0.717, 1.165) is 25.7 Å². The summed E-state index contributed by atoms with van der Waals surface area (Å²) in [6.07, 6.45) is 7.08. The minimum absolute atomic E-state index is 0.0306. The van der Waals surface area contributed by atoms with Gasteiger partial charge in [-0.3, -0.25) is 4.79 Å². The molecule has 0 saturated heterocycles. The number of ether oxygens (including phenoxy) is 1. The topological polar surface area (TPSA) is 52.3 Å². The molecule has 0 atom stereocenters. The summed E-state index contributed by atoms with van der Waals surface area (Å²) in [5.74, 6) is -0.0306. The van der Waals surface area contributed by atoms with Crippen molar-refractivity contribution in [2.24, 2.45) is 11.1 Å². The molecule has 3 heteroatoms. The van der Waals surface area contributed by atoms with Crippen molar-refractivity contribution in [2.75, 3.05) is 6.54 Å². The van der Waals surface area contributed by atoms with Gasteiger partial charge in [0, 0.05) is 6.42 Å². The van der Waals surface area contributed by atoms with Crippen LogP contribution in [0, 0.1) is 5.41 Å². The molecule has 0 aromatic carbocycles. The number of hydrogen-bond donors (Lipinski definition) is 1. The molecule has 1 fully saturated rings. The second-order valence-corrected chi connectivity index (χ2v) is 5.60. The zero-order valence-electron chi connectivity index (χ0n) is 10.6. The van der Waals surface area contributed by atoms with Gasteiger partial charge in [0.1, 0.15) is 6.10 Å². The highest BCUT2D eigenvalue weighted by Crippen LogP contribution is 2.27. The maximum atomic E-state index is 11.6. The van der Waals surface area contributed by atoms with Gasteiger partial charge in [-0.2, -0.15) is 0 Å². The molecular formula is C13H25NO2. The molecule has 1 aliphatic carbocycles. The van der Waals surface area contributed by atoms with Gasteiger partial charge < -0.3 is 10.5 Å². The molecule has 0 aromatic rings. The van der Waals surface area contributed by atoms with Crippen molar-refractivity contribution in [1.29, 1.82) is 0 Å². The summed E-state index contributed by atoms with van der Waals surface area (Å²) in [5.41, 5.74) is 5.69. The Morgan fingerprint density at radius 2 is 1.94 bits per heavy atom. The van der Waals surface area contributed by atoms with Crippen LogP contribution < -0.4 is 5.73 Å². The highest BCUT2D eigenvalue weighted by atomic mass is 16.5. The van der Waals surface area contributed by atoms with Crippen molar-refractivity contribution < 1.29 is 9.53 Å². The minimum Gasteiger partial charge on any atom is -0.462 e. The Hall–Kier alpha value is -0.570. The van der Waals surface area contributed by atoms with Crippen LogP contribution >= 0.6 is 0 Å². The molecule has 0 aromatic heterocycles. The van der Waals surface area contributed by atoms with Crippen molar-refractivity contribution in [1.82, 2.24) is 0 Å². The fraction of sp³-hybridized carbons (Fsp3) is 0.923. The third-order valence-electron chi connectivity index (χ3n) is 3.43. The van der Waals surface area contributed by atoms with Crippen LogP contribution in [0.2, 0.25) is 0 Å². The van der Waals surface area contributed by atoms with Gasteiger partial charge in [-0.25, -0.2) is 0 Å². The Bertz CT molecular complexity index is 220. The first-order valence-corrected chi connectivity index (χ1v) is 6.43. The summed E-state index contributed by atoms with van der Waals surface area (Å²) in [7, 11) is 0. The fourth-order valence-corrected chi connectivity index (χ4v) is 2.21. The summed E-state index contributed by atoms with van der Waals surface area (Å²) >= 11 is 0. The average molecular weight is 227 g/mol. The number of rotatable bonds is 6. The van der Waals surface area contributed by atoms with Gasteiger partial charge in [0.25, 0.3) is 0 Å². The number of nitrogens with two attached hydrogens (primary N) is 1. The molecule has 94 valence electrons. The first-order chi connectivity index (χ1) is 7.53. The van der Waals surface area contributed by atoms with E-state index in [4.69, 9.17) is 10.5 Å². The second-order valence-electron chi connectivity index (χ2n) is 5.60. The van der Waals surface area contributed by atoms with Gasteiger partial charge >= 0.3 is 5.97 Å². The predicted octanol–water partition coefficient (Wildman–Crippen LogP) is 2.63. The molecule has 16 heavy (non-hydrogen) atoms. The fourth-order valence-electron chi connectivity index (χ4n) is 2.21. The first-order valence-electron chi connectivity index (χ1n) is 6.43. The summed E-state index contributed by atoms with van der Waals surface area (Å²) in [6, 6.07) is 0. The molecule has 0 unspecified atom stereocenters. The summed E-state index contributed by atoms with van der Waals surface area (Å²) in [5, 5.41) is 0. The molecule has 3 nitrogen and oxygen atoms in total. The summed E-state index contributed by atoms with van der Waals surface area (Å²) in [6.45, 7) is 5.00. The van der Waals surface area contributed by atoms with Crippen LogP contribution in [-0.2, 0) is 9.53 Å². The molecule has 0 bridgehead atoms. The smallest absolute Gasteiger partial charge is 0.306 e. The van der Waals surface area contributed by atoms with Gasteiger partial charge in [-0.05, 0) is 50.5 Å². The Balaban J connectivity index is 2.18. The molecular weight excluding hydrogens is 202 g/mol. The Morgan fingerprint density at radius 1 is 1.31 bits per heavy atom. The van der Waals surface area contributed by atoms with Crippen LogP contribution in [-0.4, -0.2) is 18.6 Å². The van der Waals surface area contributed by atoms with Crippen LogP contribution in [0.3, 0.4) is 0 Å². The third kappa shape index (κ3) is 4.97. The third-order valence-corrected chi connectivity index (χ3v) is 3.43. The van der Waals surface area contributed by atoms with Crippen LogP contribution in [0.5, 0.6) is 0 Å². The van der Waals surface area contributed by atoms with Crippen LogP contribution in [0.4, 0.5) is 0 Å². The minimum atomic E-state index is -0.0306. The average Bonchev–Trinajstić information content (AvgIpc) is 2.68. The van der Waals surface area contributed by atoms with Crippen LogP contribution in [0.15, 0.2) is 0 Å². The van der Waals surface area contributed by atoms with Gasteiger partial charge in [0.2, 0.25) is 0 Å². The van der Waals surface area contributed by atoms with E-state index in [1.165, 1.54) is 12.8 Å². The Morgan fingerprint density at radius 3 is 2.50 bits per heavy atom. The molecule has 0 aliphatic heterocycles. The van der Waals surface area contributed by atoms with E-state index in [9.17, 15) is 4.79 Å². The van der Waals surface area contributed by atoms with Crippen molar-refractivity contribution in [3.8, 4) is 0 Å². The Kier molecular flexibility index (Phi) is 5.26. The predicted molar refractivity (Wildman–Crippen MR) is 65.0 cm³/mol. The maximum Gasteiger partial charge on any atom is 0.306 e. The zero-order valence-corrected chi connectivity index (χ0v) is 10.6. The second kappa shape index (κ2) is 6.24. The maximum absolute atomic E-state index is 11.6. The van der Waals surface area contributed by atoms with E-state index >= 15 is 0 Å². The quantitative estimate of drug-likeness (QED) is 0.710. The lowest BCUT2D eigenvalue weighted by Crippen LogP contribution is -2.20.